The summed E-state index contributed by atoms with van der Waals surface area (Å²) in [6.45, 7) is 0.954. The topological polar surface area (TPSA) is 64.4 Å². The number of thioether (sulfide) groups is 1. The lowest BCUT2D eigenvalue weighted by atomic mass is 9.92. The summed E-state index contributed by atoms with van der Waals surface area (Å²) in [6.07, 6.45) is 7.50. The lowest BCUT2D eigenvalue weighted by Crippen LogP contribution is -2.58. The number of carbonyl (C=O) groups is 1. The van der Waals surface area contributed by atoms with Gasteiger partial charge in [-0.15, -0.1) is 0 Å². The molecule has 1 amide bonds. The van der Waals surface area contributed by atoms with Crippen molar-refractivity contribution in [2.45, 2.75) is 48.9 Å². The van der Waals surface area contributed by atoms with E-state index in [4.69, 9.17) is 10.5 Å². The van der Waals surface area contributed by atoms with Crippen molar-refractivity contribution in [1.82, 2.24) is 5.32 Å². The SMILES string of the molecule is CSC1CCCCC1NC(=O)C1(N)CCOC1. The molecule has 0 aromatic rings. The van der Waals surface area contributed by atoms with Gasteiger partial charge in [-0.3, -0.25) is 4.79 Å². The Labute approximate surface area is 107 Å². The van der Waals surface area contributed by atoms with E-state index in [9.17, 15) is 4.79 Å². The van der Waals surface area contributed by atoms with Crippen molar-refractivity contribution in [3.8, 4) is 0 Å². The molecule has 0 spiro atoms. The van der Waals surface area contributed by atoms with Gasteiger partial charge in [-0.25, -0.2) is 0 Å². The lowest BCUT2D eigenvalue weighted by Gasteiger charge is -2.33. The average molecular weight is 258 g/mol. The second-order valence-corrected chi connectivity index (χ2v) is 6.17. The molecule has 2 rings (SSSR count). The maximum Gasteiger partial charge on any atom is 0.242 e. The molecule has 0 bridgehead atoms. The molecular weight excluding hydrogens is 236 g/mol. The Kier molecular flexibility index (Phi) is 4.33. The highest BCUT2D eigenvalue weighted by molar-refractivity contribution is 7.99. The van der Waals surface area contributed by atoms with E-state index in [2.05, 4.69) is 11.6 Å². The molecule has 3 atom stereocenters. The van der Waals surface area contributed by atoms with Crippen LogP contribution in [0.2, 0.25) is 0 Å². The van der Waals surface area contributed by atoms with Crippen LogP contribution in [-0.4, -0.2) is 42.2 Å². The van der Waals surface area contributed by atoms with Crippen LogP contribution < -0.4 is 11.1 Å². The van der Waals surface area contributed by atoms with Gasteiger partial charge >= 0.3 is 0 Å². The van der Waals surface area contributed by atoms with Crippen LogP contribution in [0.5, 0.6) is 0 Å². The van der Waals surface area contributed by atoms with Gasteiger partial charge in [0, 0.05) is 17.9 Å². The molecule has 4 nitrogen and oxygen atoms in total. The Balaban J connectivity index is 1.92. The van der Waals surface area contributed by atoms with Gasteiger partial charge in [0.05, 0.1) is 6.61 Å². The van der Waals surface area contributed by atoms with Gasteiger partial charge in [0.15, 0.2) is 0 Å². The molecule has 0 radical (unpaired) electrons. The second kappa shape index (κ2) is 5.59. The summed E-state index contributed by atoms with van der Waals surface area (Å²) in [5.74, 6) is -0.0269. The fourth-order valence-electron chi connectivity index (χ4n) is 2.62. The zero-order chi connectivity index (χ0) is 12.3. The van der Waals surface area contributed by atoms with Crippen LogP contribution in [-0.2, 0) is 9.53 Å². The van der Waals surface area contributed by atoms with Crippen molar-refractivity contribution >= 4 is 17.7 Å². The highest BCUT2D eigenvalue weighted by Gasteiger charge is 2.40. The van der Waals surface area contributed by atoms with Crippen molar-refractivity contribution in [3.05, 3.63) is 0 Å². The van der Waals surface area contributed by atoms with Gasteiger partial charge in [0.25, 0.3) is 0 Å². The van der Waals surface area contributed by atoms with Crippen LogP contribution in [0.25, 0.3) is 0 Å². The Bertz CT molecular complexity index is 280. The molecule has 0 aromatic heterocycles. The third-order valence-corrected chi connectivity index (χ3v) is 5.00. The lowest BCUT2D eigenvalue weighted by molar-refractivity contribution is -0.127. The highest BCUT2D eigenvalue weighted by Crippen LogP contribution is 2.28. The van der Waals surface area contributed by atoms with E-state index in [1.807, 2.05) is 11.8 Å². The van der Waals surface area contributed by atoms with Crippen LogP contribution in [0.15, 0.2) is 0 Å². The maximum atomic E-state index is 12.2. The Hall–Kier alpha value is -0.260. The van der Waals surface area contributed by atoms with Gasteiger partial charge in [-0.1, -0.05) is 12.8 Å². The highest BCUT2D eigenvalue weighted by atomic mass is 32.2. The molecule has 2 aliphatic rings. The van der Waals surface area contributed by atoms with Gasteiger partial charge in [0.1, 0.15) is 5.54 Å². The first kappa shape index (κ1) is 13.2. The van der Waals surface area contributed by atoms with E-state index in [-0.39, 0.29) is 11.9 Å². The number of nitrogens with one attached hydrogen (secondary N) is 1. The van der Waals surface area contributed by atoms with Crippen molar-refractivity contribution in [3.63, 3.8) is 0 Å². The number of rotatable bonds is 3. The maximum absolute atomic E-state index is 12.2. The molecule has 1 saturated heterocycles. The average Bonchev–Trinajstić information content (AvgIpc) is 2.78. The molecule has 2 fully saturated rings. The second-order valence-electron chi connectivity index (χ2n) is 5.10. The molecular formula is C12H22N2O2S. The summed E-state index contributed by atoms with van der Waals surface area (Å²) in [4.78, 5) is 12.2. The zero-order valence-electron chi connectivity index (χ0n) is 10.4. The molecule has 17 heavy (non-hydrogen) atoms. The van der Waals surface area contributed by atoms with Gasteiger partial charge in [0.2, 0.25) is 5.91 Å². The van der Waals surface area contributed by atoms with Crippen molar-refractivity contribution < 1.29 is 9.53 Å². The summed E-state index contributed by atoms with van der Waals surface area (Å²) in [5, 5.41) is 3.68. The summed E-state index contributed by atoms with van der Waals surface area (Å²) < 4.78 is 5.23. The van der Waals surface area contributed by atoms with Gasteiger partial charge in [-0.05, 0) is 25.5 Å². The molecule has 1 aliphatic carbocycles. The summed E-state index contributed by atoms with van der Waals surface area (Å²) in [6, 6.07) is 0.285. The summed E-state index contributed by atoms with van der Waals surface area (Å²) >= 11 is 1.85. The van der Waals surface area contributed by atoms with Crippen LogP contribution in [0, 0.1) is 0 Å². The molecule has 3 unspecified atom stereocenters. The predicted octanol–water partition coefficient (Wildman–Crippen LogP) is 0.895. The minimum absolute atomic E-state index is 0.0269. The third kappa shape index (κ3) is 2.95. The summed E-state index contributed by atoms with van der Waals surface area (Å²) in [5.41, 5.74) is 5.27. The van der Waals surface area contributed by atoms with E-state index in [1.165, 1.54) is 19.3 Å². The van der Waals surface area contributed by atoms with Crippen molar-refractivity contribution in [2.24, 2.45) is 5.73 Å². The van der Waals surface area contributed by atoms with Gasteiger partial charge < -0.3 is 15.8 Å². The molecule has 1 aliphatic heterocycles. The summed E-state index contributed by atoms with van der Waals surface area (Å²) in [7, 11) is 0. The van der Waals surface area contributed by atoms with Crippen LogP contribution in [0.4, 0.5) is 0 Å². The third-order valence-electron chi connectivity index (χ3n) is 3.83. The first-order valence-corrected chi connectivity index (χ1v) is 7.65. The fraction of sp³-hybridized carbons (Fsp3) is 0.917. The molecule has 0 aromatic carbocycles. The monoisotopic (exact) mass is 258 g/mol. The minimum Gasteiger partial charge on any atom is -0.379 e. The van der Waals surface area contributed by atoms with E-state index in [1.54, 1.807) is 0 Å². The Morgan fingerprint density at radius 1 is 1.47 bits per heavy atom. The number of amides is 1. The van der Waals surface area contributed by atoms with Crippen LogP contribution in [0.1, 0.15) is 32.1 Å². The van der Waals surface area contributed by atoms with E-state index >= 15 is 0 Å². The fourth-order valence-corrected chi connectivity index (χ4v) is 3.55. The number of nitrogens with two attached hydrogens (primary N) is 1. The zero-order valence-corrected chi connectivity index (χ0v) is 11.2. The number of carbonyl (C=O) groups excluding carboxylic acids is 1. The molecule has 1 heterocycles. The van der Waals surface area contributed by atoms with E-state index in [0.717, 1.165) is 6.42 Å². The first-order chi connectivity index (χ1) is 8.15. The van der Waals surface area contributed by atoms with Gasteiger partial charge in [-0.2, -0.15) is 11.8 Å². The predicted molar refractivity (Wildman–Crippen MR) is 70.1 cm³/mol. The normalized spacial score (nSPS) is 38.0. The molecule has 1 saturated carbocycles. The van der Waals surface area contributed by atoms with E-state index < -0.39 is 5.54 Å². The molecule has 5 heteroatoms. The van der Waals surface area contributed by atoms with Crippen LogP contribution >= 0.6 is 11.8 Å². The smallest absolute Gasteiger partial charge is 0.242 e. The minimum atomic E-state index is -0.791. The largest absolute Gasteiger partial charge is 0.379 e. The Morgan fingerprint density at radius 3 is 2.88 bits per heavy atom. The van der Waals surface area contributed by atoms with Crippen LogP contribution in [0.3, 0.4) is 0 Å². The van der Waals surface area contributed by atoms with Crippen molar-refractivity contribution in [2.75, 3.05) is 19.5 Å². The number of ether oxygens (including phenoxy) is 1. The van der Waals surface area contributed by atoms with E-state index in [0.29, 0.717) is 24.9 Å². The molecule has 98 valence electrons. The number of hydrogen-bond donors (Lipinski definition) is 2. The molecule has 3 N–H and O–H groups in total. The number of hydrogen-bond acceptors (Lipinski definition) is 4. The standard InChI is InChI=1S/C12H22N2O2S/c1-17-10-5-3-2-4-9(10)14-11(15)12(13)6-7-16-8-12/h9-10H,2-8,13H2,1H3,(H,14,15). The first-order valence-electron chi connectivity index (χ1n) is 6.36. The quantitative estimate of drug-likeness (QED) is 0.789. The van der Waals surface area contributed by atoms with Crippen molar-refractivity contribution in [1.29, 1.82) is 0 Å². The Morgan fingerprint density at radius 2 is 2.24 bits per heavy atom.